The molecule has 8 heteroatoms. The summed E-state index contributed by atoms with van der Waals surface area (Å²) >= 11 is -2.36. The van der Waals surface area contributed by atoms with Crippen LogP contribution in [-0.2, 0) is 15.5 Å². The van der Waals surface area contributed by atoms with Crippen LogP contribution in [0.15, 0.2) is 0 Å². The van der Waals surface area contributed by atoms with Crippen LogP contribution in [0.1, 0.15) is 6.42 Å². The molecule has 6 N–H and O–H groups in total. The molecule has 0 radical (unpaired) electrons. The van der Waals surface area contributed by atoms with Gasteiger partial charge in [-0.05, 0) is 6.42 Å². The summed E-state index contributed by atoms with van der Waals surface area (Å²) in [4.78, 5) is 0. The average Bonchev–Trinajstić information content (AvgIpc) is 2.21. The van der Waals surface area contributed by atoms with E-state index in [1.54, 1.807) is 0 Å². The first-order valence-electron chi connectivity index (χ1n) is 4.34. The van der Waals surface area contributed by atoms with Gasteiger partial charge in [0.25, 0.3) is 0 Å². The zero-order valence-corrected chi connectivity index (χ0v) is 9.02. The molecule has 0 aromatic rings. The van der Waals surface area contributed by atoms with E-state index in [1.165, 1.54) is 0 Å². The lowest BCUT2D eigenvalue weighted by Crippen LogP contribution is -2.50. The van der Waals surface area contributed by atoms with Crippen molar-refractivity contribution in [3.8, 4) is 0 Å². The maximum absolute atomic E-state index is 10.1. The van der Waals surface area contributed by atoms with Crippen LogP contribution in [0.4, 0.5) is 0 Å². The Hall–Kier alpha value is -0.0900. The van der Waals surface area contributed by atoms with Gasteiger partial charge >= 0.3 is 11.4 Å². The van der Waals surface area contributed by atoms with E-state index in [1.807, 2.05) is 0 Å². The van der Waals surface area contributed by atoms with Gasteiger partial charge in [0.15, 0.2) is 0 Å². The zero-order valence-electron chi connectivity index (χ0n) is 8.20. The normalized spacial score (nSPS) is 16.3. The highest BCUT2D eigenvalue weighted by molar-refractivity contribution is 7.74. The van der Waals surface area contributed by atoms with Crippen LogP contribution in [-0.4, -0.2) is 56.6 Å². The van der Waals surface area contributed by atoms with Gasteiger partial charge in [0.05, 0.1) is 31.8 Å². The first kappa shape index (κ1) is 14.9. The van der Waals surface area contributed by atoms with Crippen molar-refractivity contribution in [1.29, 1.82) is 0 Å². The lowest BCUT2D eigenvalue weighted by Gasteiger charge is -2.33. The minimum absolute atomic E-state index is 0.0912. The predicted molar refractivity (Wildman–Crippen MR) is 53.0 cm³/mol. The van der Waals surface area contributed by atoms with Gasteiger partial charge < -0.3 is 21.1 Å². The van der Waals surface area contributed by atoms with E-state index in [4.69, 9.17) is 25.6 Å². The van der Waals surface area contributed by atoms with Crippen LogP contribution < -0.4 is 5.73 Å². The molecule has 0 bridgehead atoms. The van der Waals surface area contributed by atoms with E-state index in [-0.39, 0.29) is 13.0 Å². The topological polar surface area (TPSA) is 133 Å². The van der Waals surface area contributed by atoms with Crippen LogP contribution >= 0.6 is 0 Å². The minimum Gasteiger partial charge on any atom is -0.396 e. The highest BCUT2D eigenvalue weighted by Crippen LogP contribution is 2.21. The second kappa shape index (κ2) is 7.23. The van der Waals surface area contributed by atoms with Gasteiger partial charge in [-0.15, -0.1) is 0 Å². The minimum atomic E-state index is -2.36. The Morgan fingerprint density at radius 1 is 1.27 bits per heavy atom. The Labute approximate surface area is 90.4 Å². The molecule has 0 heterocycles. The predicted octanol–water partition coefficient (Wildman–Crippen LogP) is -2.18. The molecule has 7 nitrogen and oxygen atoms in total. The van der Waals surface area contributed by atoms with E-state index in [9.17, 15) is 4.21 Å². The summed E-state index contributed by atoms with van der Waals surface area (Å²) in [6, 6.07) is -0.721. The number of hydrogen-bond acceptors (Lipinski definition) is 6. The molecule has 0 aliphatic heterocycles. The number of nitrogens with two attached hydrogens (primary N) is 1. The lowest BCUT2D eigenvalue weighted by molar-refractivity contribution is -0.0171. The largest absolute Gasteiger partial charge is 0.396 e. The summed E-state index contributed by atoms with van der Waals surface area (Å²) in [5, 5.41) is 27.0. The van der Waals surface area contributed by atoms with Crippen molar-refractivity contribution >= 4 is 11.4 Å². The Morgan fingerprint density at radius 3 is 2.07 bits per heavy atom. The Morgan fingerprint density at radius 2 is 1.73 bits per heavy atom. The first-order chi connectivity index (χ1) is 7.02. The molecular weight excluding hydrogens is 226 g/mol. The first-order valence-corrected chi connectivity index (χ1v) is 5.38. The summed E-state index contributed by atoms with van der Waals surface area (Å²) in [7, 11) is 0. The monoisotopic (exact) mass is 243 g/mol. The van der Waals surface area contributed by atoms with E-state index in [0.29, 0.717) is 0 Å². The molecule has 0 spiro atoms. The quantitative estimate of drug-likeness (QED) is 0.306. The van der Waals surface area contributed by atoms with E-state index < -0.39 is 42.6 Å². The summed E-state index contributed by atoms with van der Waals surface area (Å²) in [5.41, 5.74) is 4.44. The standard InChI is InChI=1S/C7H17NO6S/c8-6(1-2-14-15(12)13)7(3-9,4-10)5-11/h6,9-11H,1-5,8H2,(H,12,13). The third kappa shape index (κ3) is 4.51. The number of hydrogen-bond donors (Lipinski definition) is 5. The molecule has 0 saturated heterocycles. The molecule has 0 amide bonds. The Balaban J connectivity index is 4.14. The highest BCUT2D eigenvalue weighted by atomic mass is 32.2. The molecule has 0 aliphatic carbocycles. The zero-order chi connectivity index (χ0) is 11.9. The third-order valence-corrected chi connectivity index (χ3v) is 2.71. The van der Waals surface area contributed by atoms with Gasteiger partial charge in [-0.25, -0.2) is 0 Å². The fraction of sp³-hybridized carbons (Fsp3) is 1.00. The van der Waals surface area contributed by atoms with Gasteiger partial charge in [0.1, 0.15) is 0 Å². The highest BCUT2D eigenvalue weighted by Gasteiger charge is 2.35. The van der Waals surface area contributed by atoms with Gasteiger partial charge in [0, 0.05) is 6.04 Å². The third-order valence-electron chi connectivity index (χ3n) is 2.34. The lowest BCUT2D eigenvalue weighted by atomic mass is 9.81. The smallest absolute Gasteiger partial charge is 0.301 e. The van der Waals surface area contributed by atoms with Crippen molar-refractivity contribution in [2.45, 2.75) is 12.5 Å². The maximum atomic E-state index is 10.1. The number of aliphatic hydroxyl groups excluding tert-OH is 3. The molecule has 2 atom stereocenters. The van der Waals surface area contributed by atoms with Crippen LogP contribution in [0.25, 0.3) is 0 Å². The summed E-state index contributed by atoms with van der Waals surface area (Å²) in [5.74, 6) is 0. The van der Waals surface area contributed by atoms with Crippen molar-refractivity contribution in [2.75, 3.05) is 26.4 Å². The van der Waals surface area contributed by atoms with Crippen LogP contribution in [0.3, 0.4) is 0 Å². The van der Waals surface area contributed by atoms with Crippen molar-refractivity contribution in [3.05, 3.63) is 0 Å². The van der Waals surface area contributed by atoms with Crippen molar-refractivity contribution < 1.29 is 28.3 Å². The van der Waals surface area contributed by atoms with Crippen molar-refractivity contribution in [3.63, 3.8) is 0 Å². The molecule has 0 fully saturated rings. The van der Waals surface area contributed by atoms with Gasteiger partial charge in [-0.2, -0.15) is 4.21 Å². The van der Waals surface area contributed by atoms with Gasteiger partial charge in [-0.1, -0.05) is 0 Å². The van der Waals surface area contributed by atoms with Crippen LogP contribution in [0.5, 0.6) is 0 Å². The van der Waals surface area contributed by atoms with E-state index in [0.717, 1.165) is 0 Å². The molecule has 0 aromatic heterocycles. The molecule has 2 unspecified atom stereocenters. The molecule has 0 rings (SSSR count). The van der Waals surface area contributed by atoms with Crippen LogP contribution in [0, 0.1) is 5.41 Å². The molecular formula is C7H17NO6S. The van der Waals surface area contributed by atoms with Gasteiger partial charge in [-0.3, -0.25) is 8.74 Å². The second-order valence-electron chi connectivity index (χ2n) is 3.27. The summed E-state index contributed by atoms with van der Waals surface area (Å²) in [6.45, 7) is -1.50. The molecule has 0 saturated carbocycles. The maximum Gasteiger partial charge on any atom is 0.301 e. The fourth-order valence-corrected chi connectivity index (χ4v) is 1.29. The molecule has 0 aliphatic rings. The molecule has 15 heavy (non-hydrogen) atoms. The fourth-order valence-electron chi connectivity index (χ4n) is 1.05. The molecule has 0 aromatic carbocycles. The van der Waals surface area contributed by atoms with Crippen molar-refractivity contribution in [2.24, 2.45) is 11.1 Å². The summed E-state index contributed by atoms with van der Waals surface area (Å²) in [6.07, 6.45) is 0.147. The molecule has 92 valence electrons. The van der Waals surface area contributed by atoms with Crippen molar-refractivity contribution in [1.82, 2.24) is 0 Å². The Kier molecular flexibility index (Phi) is 7.18. The number of rotatable bonds is 8. The Bertz CT molecular complexity index is 190. The SMILES string of the molecule is NC(CCOS(=O)O)C(CO)(CO)CO. The van der Waals surface area contributed by atoms with E-state index in [2.05, 4.69) is 4.18 Å². The van der Waals surface area contributed by atoms with Gasteiger partial charge in [0.2, 0.25) is 0 Å². The second-order valence-corrected chi connectivity index (χ2v) is 3.94. The average molecular weight is 243 g/mol. The summed E-state index contributed by atoms with van der Waals surface area (Å²) < 4.78 is 22.8. The van der Waals surface area contributed by atoms with Crippen LogP contribution in [0.2, 0.25) is 0 Å². The van der Waals surface area contributed by atoms with E-state index >= 15 is 0 Å². The number of aliphatic hydroxyl groups is 3.